The first-order chi connectivity index (χ1) is 11.3. The molecular weight excluding hydrogens is 302 g/mol. The van der Waals surface area contributed by atoms with E-state index in [1.807, 2.05) is 45.0 Å². The molecule has 0 spiro atoms. The first kappa shape index (κ1) is 20.5. The van der Waals surface area contributed by atoms with E-state index in [1.165, 1.54) is 0 Å². The average molecular weight is 335 g/mol. The molecule has 1 N–H and O–H groups in total. The van der Waals surface area contributed by atoms with Crippen molar-refractivity contribution in [1.29, 1.82) is 0 Å². The largest absolute Gasteiger partial charge is 0.491 e. The third-order valence-electron chi connectivity index (χ3n) is 3.93. The molecule has 0 saturated carbocycles. The number of benzene rings is 1. The second-order valence-corrected chi connectivity index (χ2v) is 6.99. The highest BCUT2D eigenvalue weighted by Crippen LogP contribution is 2.25. The number of rotatable bonds is 10. The molecule has 0 aliphatic rings. The molecule has 1 aromatic rings. The molecule has 1 amide bonds. The Morgan fingerprint density at radius 1 is 1.17 bits per heavy atom. The van der Waals surface area contributed by atoms with E-state index in [4.69, 9.17) is 9.47 Å². The van der Waals surface area contributed by atoms with Crippen molar-refractivity contribution < 1.29 is 14.3 Å². The number of hydrogen-bond donors (Lipinski definition) is 1. The Bertz CT molecular complexity index is 498. The van der Waals surface area contributed by atoms with Gasteiger partial charge in [-0.2, -0.15) is 0 Å². The third-order valence-corrected chi connectivity index (χ3v) is 3.93. The summed E-state index contributed by atoms with van der Waals surface area (Å²) in [5.74, 6) is 1.10. The Morgan fingerprint density at radius 3 is 2.29 bits per heavy atom. The number of ether oxygens (including phenoxy) is 2. The summed E-state index contributed by atoms with van der Waals surface area (Å²) < 4.78 is 11.6. The maximum atomic E-state index is 12.7. The van der Waals surface area contributed by atoms with Crippen molar-refractivity contribution in [3.63, 3.8) is 0 Å². The molecule has 2 atom stereocenters. The van der Waals surface area contributed by atoms with Crippen LogP contribution < -0.4 is 10.1 Å². The molecule has 0 aliphatic heterocycles. The van der Waals surface area contributed by atoms with Crippen LogP contribution >= 0.6 is 0 Å². The van der Waals surface area contributed by atoms with Gasteiger partial charge in [-0.15, -0.1) is 0 Å². The zero-order valence-electron chi connectivity index (χ0n) is 16.0. The van der Waals surface area contributed by atoms with Crippen LogP contribution in [0.3, 0.4) is 0 Å². The van der Waals surface area contributed by atoms with Gasteiger partial charge >= 0.3 is 0 Å². The van der Waals surface area contributed by atoms with E-state index in [0.717, 1.165) is 24.3 Å². The van der Waals surface area contributed by atoms with Crippen LogP contribution in [0.25, 0.3) is 0 Å². The minimum absolute atomic E-state index is 0.0970. The Hall–Kier alpha value is -1.55. The molecule has 1 aromatic carbocycles. The summed E-state index contributed by atoms with van der Waals surface area (Å²) in [6.07, 6.45) is 2.72. The third kappa shape index (κ3) is 6.52. The van der Waals surface area contributed by atoms with Gasteiger partial charge in [0.15, 0.2) is 0 Å². The summed E-state index contributed by atoms with van der Waals surface area (Å²) in [4.78, 5) is 12.7. The predicted octanol–water partition coefficient (Wildman–Crippen LogP) is 5.03. The van der Waals surface area contributed by atoms with E-state index >= 15 is 0 Å². The van der Waals surface area contributed by atoms with Crippen molar-refractivity contribution in [2.24, 2.45) is 5.92 Å². The molecule has 0 saturated heterocycles. The predicted molar refractivity (Wildman–Crippen MR) is 99.6 cm³/mol. The van der Waals surface area contributed by atoms with Crippen molar-refractivity contribution >= 4 is 11.6 Å². The van der Waals surface area contributed by atoms with Crippen LogP contribution in [0.2, 0.25) is 0 Å². The Labute approximate surface area is 146 Å². The highest BCUT2D eigenvalue weighted by Gasteiger charge is 2.34. The molecule has 1 rings (SSSR count). The fraction of sp³-hybridized carbons (Fsp3) is 0.650. The van der Waals surface area contributed by atoms with Crippen molar-refractivity contribution in [1.82, 2.24) is 0 Å². The first-order valence-electron chi connectivity index (χ1n) is 9.02. The molecule has 136 valence electrons. The minimum atomic E-state index is -0.809. The van der Waals surface area contributed by atoms with Crippen LogP contribution in [0, 0.1) is 5.92 Å². The zero-order chi connectivity index (χ0) is 18.2. The maximum absolute atomic E-state index is 12.7. The lowest BCUT2D eigenvalue weighted by atomic mass is 9.93. The van der Waals surface area contributed by atoms with Gasteiger partial charge in [-0.05, 0) is 63.3 Å². The number of carbonyl (C=O) groups is 1. The van der Waals surface area contributed by atoms with Gasteiger partial charge in [-0.1, -0.05) is 27.7 Å². The lowest BCUT2D eigenvalue weighted by Gasteiger charge is -2.30. The second kappa shape index (κ2) is 9.67. The van der Waals surface area contributed by atoms with Gasteiger partial charge in [0.05, 0.1) is 6.10 Å². The molecule has 4 heteroatoms. The highest BCUT2D eigenvalue weighted by molar-refractivity contribution is 5.97. The number of hydrogen-bond acceptors (Lipinski definition) is 3. The van der Waals surface area contributed by atoms with Crippen molar-refractivity contribution in [3.8, 4) is 5.75 Å². The number of amides is 1. The van der Waals surface area contributed by atoms with E-state index in [0.29, 0.717) is 18.9 Å². The lowest BCUT2D eigenvalue weighted by Crippen LogP contribution is -2.44. The summed E-state index contributed by atoms with van der Waals surface area (Å²) in [5, 5.41) is 2.97. The Morgan fingerprint density at radius 2 is 1.79 bits per heavy atom. The van der Waals surface area contributed by atoms with E-state index < -0.39 is 5.60 Å². The number of nitrogens with one attached hydrogen (secondary N) is 1. The summed E-state index contributed by atoms with van der Waals surface area (Å²) in [5.41, 5.74) is -0.0534. The highest BCUT2D eigenvalue weighted by atomic mass is 16.5. The zero-order valence-corrected chi connectivity index (χ0v) is 16.0. The second-order valence-electron chi connectivity index (χ2n) is 6.99. The van der Waals surface area contributed by atoms with Gasteiger partial charge in [0.25, 0.3) is 5.91 Å². The monoisotopic (exact) mass is 335 g/mol. The molecule has 0 fully saturated rings. The van der Waals surface area contributed by atoms with Crippen LogP contribution in [0.5, 0.6) is 5.75 Å². The molecule has 4 nitrogen and oxygen atoms in total. The van der Waals surface area contributed by atoms with Crippen molar-refractivity contribution in [3.05, 3.63) is 24.3 Å². The van der Waals surface area contributed by atoms with Gasteiger partial charge in [0, 0.05) is 12.3 Å². The minimum Gasteiger partial charge on any atom is -0.491 e. The van der Waals surface area contributed by atoms with Gasteiger partial charge in [-0.3, -0.25) is 4.79 Å². The molecule has 24 heavy (non-hydrogen) atoms. The number of anilines is 1. The van der Waals surface area contributed by atoms with E-state index in [9.17, 15) is 4.79 Å². The van der Waals surface area contributed by atoms with Crippen LogP contribution in [0.1, 0.15) is 60.8 Å². The summed E-state index contributed by atoms with van der Waals surface area (Å²) in [6, 6.07) is 7.50. The number of carbonyl (C=O) groups excluding carboxylic acids is 1. The fourth-order valence-corrected chi connectivity index (χ4v) is 2.52. The van der Waals surface area contributed by atoms with Crippen LogP contribution in [-0.4, -0.2) is 24.2 Å². The molecular formula is C20H33NO3. The van der Waals surface area contributed by atoms with Crippen LogP contribution in [0.15, 0.2) is 24.3 Å². The van der Waals surface area contributed by atoms with Crippen LogP contribution in [-0.2, 0) is 9.53 Å². The average Bonchev–Trinajstić information content (AvgIpc) is 2.54. The maximum Gasteiger partial charge on any atom is 0.256 e. The van der Waals surface area contributed by atoms with Gasteiger partial charge in [-0.25, -0.2) is 0 Å². The first-order valence-corrected chi connectivity index (χ1v) is 9.02. The smallest absolute Gasteiger partial charge is 0.256 e. The normalized spacial score (nSPS) is 15.0. The summed E-state index contributed by atoms with van der Waals surface area (Å²) in [7, 11) is 0. The van der Waals surface area contributed by atoms with E-state index in [-0.39, 0.29) is 12.0 Å². The van der Waals surface area contributed by atoms with Crippen LogP contribution in [0.4, 0.5) is 5.69 Å². The fourth-order valence-electron chi connectivity index (χ4n) is 2.52. The molecule has 0 unspecified atom stereocenters. The molecule has 0 radical (unpaired) electrons. The molecule has 0 heterocycles. The summed E-state index contributed by atoms with van der Waals surface area (Å²) >= 11 is 0. The Balaban J connectivity index is 2.75. The van der Waals surface area contributed by atoms with Gasteiger partial charge in [0.2, 0.25) is 0 Å². The molecule has 0 bridgehead atoms. The Kier molecular flexibility index (Phi) is 8.26. The van der Waals surface area contributed by atoms with E-state index in [1.54, 1.807) is 0 Å². The quantitative estimate of drug-likeness (QED) is 0.652. The lowest BCUT2D eigenvalue weighted by molar-refractivity contribution is -0.141. The SMILES string of the molecule is CCCO[C@@](C)(CC(C)C)C(=O)Nc1ccc(O[C@H](C)CC)cc1. The summed E-state index contributed by atoms with van der Waals surface area (Å²) in [6.45, 7) is 12.8. The molecule has 0 aliphatic carbocycles. The molecule has 0 aromatic heterocycles. The van der Waals surface area contributed by atoms with Gasteiger partial charge in [0.1, 0.15) is 11.4 Å². The van der Waals surface area contributed by atoms with E-state index in [2.05, 4.69) is 26.1 Å². The topological polar surface area (TPSA) is 47.6 Å². The van der Waals surface area contributed by atoms with Crippen molar-refractivity contribution in [2.75, 3.05) is 11.9 Å². The van der Waals surface area contributed by atoms with Gasteiger partial charge < -0.3 is 14.8 Å². The standard InChI is InChI=1S/C20H33NO3/c1-7-13-23-20(6,14-15(3)4)19(22)21-17-9-11-18(12-10-17)24-16(5)8-2/h9-12,15-16H,7-8,13-14H2,1-6H3,(H,21,22)/t16-,20+/m1/s1. The van der Waals surface area contributed by atoms with Crippen molar-refractivity contribution in [2.45, 2.75) is 72.5 Å².